The molecular formula is C11H18. The van der Waals surface area contributed by atoms with Crippen molar-refractivity contribution in [2.24, 2.45) is 5.92 Å². The Labute approximate surface area is 70.0 Å². The van der Waals surface area contributed by atoms with Crippen LogP contribution in [0.15, 0.2) is 23.8 Å². The maximum absolute atomic E-state index is 2.40. The van der Waals surface area contributed by atoms with Crippen molar-refractivity contribution in [1.82, 2.24) is 0 Å². The molecule has 0 bridgehead atoms. The zero-order chi connectivity index (χ0) is 8.10. The van der Waals surface area contributed by atoms with Gasteiger partial charge in [0.25, 0.3) is 0 Å². The van der Waals surface area contributed by atoms with Gasteiger partial charge in [0.1, 0.15) is 0 Å². The molecule has 1 rings (SSSR count). The second-order valence-electron chi connectivity index (χ2n) is 3.20. The molecule has 1 aliphatic rings. The van der Waals surface area contributed by atoms with E-state index in [4.69, 9.17) is 0 Å². The first-order valence-corrected chi connectivity index (χ1v) is 4.72. The molecule has 62 valence electrons. The van der Waals surface area contributed by atoms with Crippen LogP contribution in [0, 0.1) is 5.92 Å². The molecular weight excluding hydrogens is 132 g/mol. The molecule has 0 nitrogen and oxygen atoms in total. The highest BCUT2D eigenvalue weighted by Crippen LogP contribution is 2.24. The normalized spacial score (nSPS) is 17.2. The number of allylic oxidation sites excluding steroid dienone is 4. The third kappa shape index (κ3) is 2.21. The van der Waals surface area contributed by atoms with Crippen LogP contribution < -0.4 is 0 Å². The fourth-order valence-electron chi connectivity index (χ4n) is 1.76. The van der Waals surface area contributed by atoms with Gasteiger partial charge in [0.2, 0.25) is 0 Å². The molecule has 0 heterocycles. The van der Waals surface area contributed by atoms with Crippen LogP contribution in [-0.2, 0) is 0 Å². The second-order valence-corrected chi connectivity index (χ2v) is 3.20. The first-order chi connectivity index (χ1) is 5.38. The first kappa shape index (κ1) is 8.58. The van der Waals surface area contributed by atoms with E-state index in [1.807, 2.05) is 0 Å². The lowest BCUT2D eigenvalue weighted by atomic mass is 9.89. The minimum Gasteiger partial charge on any atom is -0.0844 e. The maximum atomic E-state index is 2.40. The van der Waals surface area contributed by atoms with Gasteiger partial charge in [-0.3, -0.25) is 0 Å². The molecule has 0 saturated heterocycles. The quantitative estimate of drug-likeness (QED) is 0.538. The van der Waals surface area contributed by atoms with Gasteiger partial charge in [-0.05, 0) is 31.6 Å². The second kappa shape index (κ2) is 4.38. The van der Waals surface area contributed by atoms with Crippen LogP contribution in [0.4, 0.5) is 0 Å². The van der Waals surface area contributed by atoms with Gasteiger partial charge in [-0.1, -0.05) is 37.6 Å². The molecule has 0 spiro atoms. The summed E-state index contributed by atoms with van der Waals surface area (Å²) in [6.45, 7) is 4.57. The van der Waals surface area contributed by atoms with Crippen molar-refractivity contribution < 1.29 is 0 Å². The summed E-state index contributed by atoms with van der Waals surface area (Å²) in [5.41, 5.74) is 1.66. The number of rotatable bonds is 3. The van der Waals surface area contributed by atoms with Crippen molar-refractivity contribution in [2.45, 2.75) is 39.5 Å². The van der Waals surface area contributed by atoms with E-state index in [1.165, 1.54) is 19.3 Å². The van der Waals surface area contributed by atoms with Crippen LogP contribution in [0.2, 0.25) is 0 Å². The van der Waals surface area contributed by atoms with Gasteiger partial charge in [-0.25, -0.2) is 0 Å². The highest BCUT2D eigenvalue weighted by atomic mass is 14.1. The monoisotopic (exact) mass is 150 g/mol. The molecule has 0 aromatic carbocycles. The molecule has 0 amide bonds. The Morgan fingerprint density at radius 3 is 2.45 bits per heavy atom. The Kier molecular flexibility index (Phi) is 3.41. The van der Waals surface area contributed by atoms with Crippen LogP contribution in [0.25, 0.3) is 0 Å². The van der Waals surface area contributed by atoms with Crippen molar-refractivity contribution in [1.29, 1.82) is 0 Å². The Morgan fingerprint density at radius 2 is 2.00 bits per heavy atom. The Morgan fingerprint density at radius 1 is 1.27 bits per heavy atom. The number of hydrogen-bond donors (Lipinski definition) is 0. The summed E-state index contributed by atoms with van der Waals surface area (Å²) in [5.74, 6) is 0.847. The standard InChI is InChI=1S/C11H18/c1-3-10(4-2)11-8-6-5-7-9-11/h5-6,9-10H,3-4,7-8H2,1-2H3. The fraction of sp³-hybridized carbons (Fsp3) is 0.636. The summed E-state index contributed by atoms with van der Waals surface area (Å²) in [5, 5.41) is 0. The topological polar surface area (TPSA) is 0 Å². The maximum Gasteiger partial charge on any atom is -0.0136 e. The Balaban J connectivity index is 2.50. The van der Waals surface area contributed by atoms with E-state index in [-0.39, 0.29) is 0 Å². The van der Waals surface area contributed by atoms with Gasteiger partial charge in [0.05, 0.1) is 0 Å². The van der Waals surface area contributed by atoms with Crippen LogP contribution in [0.5, 0.6) is 0 Å². The summed E-state index contributed by atoms with van der Waals surface area (Å²) in [6.07, 6.45) is 11.9. The SMILES string of the molecule is CCC(CC)C1=CCC=CC1. The molecule has 0 atom stereocenters. The summed E-state index contributed by atoms with van der Waals surface area (Å²) in [6, 6.07) is 0. The minimum absolute atomic E-state index is 0.847. The van der Waals surface area contributed by atoms with E-state index in [2.05, 4.69) is 32.1 Å². The van der Waals surface area contributed by atoms with E-state index in [1.54, 1.807) is 5.57 Å². The summed E-state index contributed by atoms with van der Waals surface area (Å²) in [4.78, 5) is 0. The van der Waals surface area contributed by atoms with Gasteiger partial charge in [0.15, 0.2) is 0 Å². The van der Waals surface area contributed by atoms with Crippen molar-refractivity contribution in [3.05, 3.63) is 23.8 Å². The fourth-order valence-corrected chi connectivity index (χ4v) is 1.76. The van der Waals surface area contributed by atoms with Crippen LogP contribution in [-0.4, -0.2) is 0 Å². The zero-order valence-electron chi connectivity index (χ0n) is 7.64. The van der Waals surface area contributed by atoms with Gasteiger partial charge >= 0.3 is 0 Å². The lowest BCUT2D eigenvalue weighted by Crippen LogP contribution is -2.02. The van der Waals surface area contributed by atoms with Crippen LogP contribution >= 0.6 is 0 Å². The van der Waals surface area contributed by atoms with E-state index in [0.29, 0.717) is 0 Å². The average Bonchev–Trinajstić information content (AvgIpc) is 2.09. The highest BCUT2D eigenvalue weighted by Gasteiger charge is 2.09. The van der Waals surface area contributed by atoms with Crippen molar-refractivity contribution >= 4 is 0 Å². The molecule has 0 saturated carbocycles. The number of hydrogen-bond acceptors (Lipinski definition) is 0. The van der Waals surface area contributed by atoms with Crippen molar-refractivity contribution in [3.63, 3.8) is 0 Å². The highest BCUT2D eigenvalue weighted by molar-refractivity contribution is 5.17. The van der Waals surface area contributed by atoms with E-state index in [0.717, 1.165) is 12.3 Å². The average molecular weight is 150 g/mol. The molecule has 0 aromatic rings. The van der Waals surface area contributed by atoms with Crippen molar-refractivity contribution in [3.8, 4) is 0 Å². The van der Waals surface area contributed by atoms with Gasteiger partial charge in [-0.15, -0.1) is 0 Å². The van der Waals surface area contributed by atoms with Gasteiger partial charge in [-0.2, -0.15) is 0 Å². The third-order valence-corrected chi connectivity index (χ3v) is 2.55. The minimum atomic E-state index is 0.847. The van der Waals surface area contributed by atoms with E-state index in [9.17, 15) is 0 Å². The predicted octanol–water partition coefficient (Wildman–Crippen LogP) is 3.70. The summed E-state index contributed by atoms with van der Waals surface area (Å²) < 4.78 is 0. The molecule has 1 aliphatic carbocycles. The zero-order valence-corrected chi connectivity index (χ0v) is 7.64. The van der Waals surface area contributed by atoms with Gasteiger partial charge < -0.3 is 0 Å². The molecule has 0 aromatic heterocycles. The summed E-state index contributed by atoms with van der Waals surface area (Å²) in [7, 11) is 0. The lowest BCUT2D eigenvalue weighted by molar-refractivity contribution is 0.558. The molecule has 11 heavy (non-hydrogen) atoms. The van der Waals surface area contributed by atoms with E-state index < -0.39 is 0 Å². The largest absolute Gasteiger partial charge is 0.0844 e. The molecule has 0 fully saturated rings. The predicted molar refractivity (Wildman–Crippen MR) is 50.5 cm³/mol. The molecule has 0 aliphatic heterocycles. The van der Waals surface area contributed by atoms with Crippen LogP contribution in [0.1, 0.15) is 39.5 Å². The lowest BCUT2D eigenvalue weighted by Gasteiger charge is -2.17. The summed E-state index contributed by atoms with van der Waals surface area (Å²) >= 11 is 0. The molecule has 0 radical (unpaired) electrons. The Hall–Kier alpha value is -0.520. The first-order valence-electron chi connectivity index (χ1n) is 4.72. The third-order valence-electron chi connectivity index (χ3n) is 2.55. The van der Waals surface area contributed by atoms with Crippen molar-refractivity contribution in [2.75, 3.05) is 0 Å². The molecule has 0 heteroatoms. The van der Waals surface area contributed by atoms with Crippen LogP contribution in [0.3, 0.4) is 0 Å². The molecule has 0 N–H and O–H groups in total. The smallest absolute Gasteiger partial charge is 0.0136 e. The van der Waals surface area contributed by atoms with Gasteiger partial charge in [0, 0.05) is 0 Å². The molecule has 0 unspecified atom stereocenters. The Bertz CT molecular complexity index is 159. The van der Waals surface area contributed by atoms with E-state index >= 15 is 0 Å².